The normalized spacial score (nSPS) is 10.8. The van der Waals surface area contributed by atoms with Crippen LogP contribution in [0.3, 0.4) is 0 Å². The fraction of sp³-hybridized carbons (Fsp3) is 0.0800. The van der Waals surface area contributed by atoms with Gasteiger partial charge in [0.2, 0.25) is 0 Å². The summed E-state index contributed by atoms with van der Waals surface area (Å²) in [5, 5.41) is 11.7. The standard InChI is InChI=1S/C25H19FN2O4/c1-16-7-10-18(11-8-16)25(30)32-22-12-9-17(14-23(22)31-2)13-19(15-27)24(29)28-21-6-4-3-5-20(21)26/h3-14H,1-2H3,(H,28,29)/b19-13-. The van der Waals surface area contributed by atoms with E-state index in [9.17, 15) is 19.2 Å². The lowest BCUT2D eigenvalue weighted by Crippen LogP contribution is -2.14. The molecule has 6 nitrogen and oxygen atoms in total. The summed E-state index contributed by atoms with van der Waals surface area (Å²) in [6, 6.07) is 19.0. The fourth-order valence-electron chi connectivity index (χ4n) is 2.77. The molecule has 0 aliphatic rings. The summed E-state index contributed by atoms with van der Waals surface area (Å²) in [5.74, 6) is -1.49. The number of halogens is 1. The van der Waals surface area contributed by atoms with Gasteiger partial charge in [-0.2, -0.15) is 5.26 Å². The SMILES string of the molecule is COc1cc(/C=C(/C#N)C(=O)Nc2ccccc2F)ccc1OC(=O)c1ccc(C)cc1. The summed E-state index contributed by atoms with van der Waals surface area (Å²) in [6.45, 7) is 1.91. The van der Waals surface area contributed by atoms with E-state index in [1.54, 1.807) is 42.5 Å². The number of hydrogen-bond donors (Lipinski definition) is 1. The van der Waals surface area contributed by atoms with Crippen molar-refractivity contribution in [3.05, 3.63) is 94.8 Å². The summed E-state index contributed by atoms with van der Waals surface area (Å²) in [5.41, 5.74) is 1.59. The Balaban J connectivity index is 1.80. The van der Waals surface area contributed by atoms with Gasteiger partial charge in [0.05, 0.1) is 18.4 Å². The number of para-hydroxylation sites is 1. The third-order valence-corrected chi connectivity index (χ3v) is 4.48. The quantitative estimate of drug-likeness (QED) is 0.260. The molecular formula is C25H19FN2O4. The highest BCUT2D eigenvalue weighted by Crippen LogP contribution is 2.30. The first-order chi connectivity index (χ1) is 15.4. The maximum atomic E-state index is 13.8. The number of anilines is 1. The predicted octanol–water partition coefficient (Wildman–Crippen LogP) is 4.91. The summed E-state index contributed by atoms with van der Waals surface area (Å²) >= 11 is 0. The third-order valence-electron chi connectivity index (χ3n) is 4.48. The fourth-order valence-corrected chi connectivity index (χ4v) is 2.77. The van der Waals surface area contributed by atoms with Gasteiger partial charge >= 0.3 is 5.97 Å². The Kier molecular flexibility index (Phi) is 6.99. The molecule has 1 N–H and O–H groups in total. The number of amides is 1. The van der Waals surface area contributed by atoms with Gasteiger partial charge in [-0.1, -0.05) is 35.9 Å². The molecule has 0 heterocycles. The highest BCUT2D eigenvalue weighted by atomic mass is 19.1. The summed E-state index contributed by atoms with van der Waals surface area (Å²) < 4.78 is 24.5. The maximum absolute atomic E-state index is 13.8. The molecule has 160 valence electrons. The number of carbonyl (C=O) groups is 2. The van der Waals surface area contributed by atoms with Crippen molar-refractivity contribution in [3.63, 3.8) is 0 Å². The van der Waals surface area contributed by atoms with E-state index in [2.05, 4.69) is 5.32 Å². The molecule has 0 bridgehead atoms. The maximum Gasteiger partial charge on any atom is 0.343 e. The molecule has 0 aromatic heterocycles. The Bertz CT molecular complexity index is 1230. The van der Waals surface area contributed by atoms with Crippen LogP contribution in [0.15, 0.2) is 72.3 Å². The van der Waals surface area contributed by atoms with Crippen LogP contribution in [0.1, 0.15) is 21.5 Å². The number of nitriles is 1. The molecule has 0 saturated carbocycles. The number of nitrogens with zero attached hydrogens (tertiary/aromatic N) is 1. The van der Waals surface area contributed by atoms with E-state index in [0.29, 0.717) is 11.1 Å². The van der Waals surface area contributed by atoms with Crippen molar-refractivity contribution in [1.29, 1.82) is 5.26 Å². The second kappa shape index (κ2) is 10.0. The van der Waals surface area contributed by atoms with Crippen molar-refractivity contribution in [3.8, 4) is 17.6 Å². The Hall–Kier alpha value is -4.44. The van der Waals surface area contributed by atoms with Crippen LogP contribution in [-0.4, -0.2) is 19.0 Å². The Morgan fingerprint density at radius 3 is 2.41 bits per heavy atom. The van der Waals surface area contributed by atoms with Crippen LogP contribution >= 0.6 is 0 Å². The molecule has 0 atom stereocenters. The van der Waals surface area contributed by atoms with Crippen LogP contribution < -0.4 is 14.8 Å². The summed E-state index contributed by atoms with van der Waals surface area (Å²) in [7, 11) is 1.40. The minimum absolute atomic E-state index is 0.0328. The van der Waals surface area contributed by atoms with Crippen LogP contribution in [-0.2, 0) is 4.79 Å². The van der Waals surface area contributed by atoms with Gasteiger partial charge in [-0.3, -0.25) is 4.79 Å². The lowest BCUT2D eigenvalue weighted by Gasteiger charge is -2.10. The second-order valence-corrected chi connectivity index (χ2v) is 6.77. The Morgan fingerprint density at radius 1 is 1.03 bits per heavy atom. The number of rotatable bonds is 6. The molecule has 0 saturated heterocycles. The highest BCUT2D eigenvalue weighted by molar-refractivity contribution is 6.09. The topological polar surface area (TPSA) is 88.4 Å². The molecule has 0 radical (unpaired) electrons. The van der Waals surface area contributed by atoms with Crippen LogP contribution in [0.25, 0.3) is 6.08 Å². The number of hydrogen-bond acceptors (Lipinski definition) is 5. The molecule has 3 aromatic carbocycles. The summed E-state index contributed by atoms with van der Waals surface area (Å²) in [4.78, 5) is 24.8. The Labute approximate surface area is 184 Å². The van der Waals surface area contributed by atoms with Crippen molar-refractivity contribution in [2.75, 3.05) is 12.4 Å². The van der Waals surface area contributed by atoms with Gasteiger partial charge < -0.3 is 14.8 Å². The molecule has 0 fully saturated rings. The van der Waals surface area contributed by atoms with E-state index < -0.39 is 17.7 Å². The zero-order valence-electron chi connectivity index (χ0n) is 17.4. The first-order valence-corrected chi connectivity index (χ1v) is 9.56. The molecular weight excluding hydrogens is 411 g/mol. The number of nitrogens with one attached hydrogen (secondary N) is 1. The van der Waals surface area contributed by atoms with Crippen LogP contribution in [0, 0.1) is 24.1 Å². The molecule has 0 aliphatic heterocycles. The number of esters is 1. The first kappa shape index (κ1) is 22.2. The van der Waals surface area contributed by atoms with Crippen molar-refractivity contribution >= 4 is 23.6 Å². The van der Waals surface area contributed by atoms with Gasteiger partial charge in [-0.25, -0.2) is 9.18 Å². The number of methoxy groups -OCH3 is 1. The van der Waals surface area contributed by atoms with Gasteiger partial charge in [-0.05, 0) is 55.0 Å². The minimum Gasteiger partial charge on any atom is -0.493 e. The molecule has 0 aliphatic carbocycles. The van der Waals surface area contributed by atoms with Crippen molar-refractivity contribution < 1.29 is 23.5 Å². The molecule has 7 heteroatoms. The van der Waals surface area contributed by atoms with Crippen molar-refractivity contribution in [2.24, 2.45) is 0 Å². The molecule has 32 heavy (non-hydrogen) atoms. The average molecular weight is 430 g/mol. The molecule has 3 rings (SSSR count). The first-order valence-electron chi connectivity index (χ1n) is 9.56. The second-order valence-electron chi connectivity index (χ2n) is 6.77. The number of benzene rings is 3. The smallest absolute Gasteiger partial charge is 0.343 e. The lowest BCUT2D eigenvalue weighted by molar-refractivity contribution is -0.112. The number of ether oxygens (including phenoxy) is 2. The predicted molar refractivity (Wildman–Crippen MR) is 118 cm³/mol. The van der Waals surface area contributed by atoms with Crippen LogP contribution in [0.4, 0.5) is 10.1 Å². The number of aryl methyl sites for hydroxylation is 1. The van der Waals surface area contributed by atoms with E-state index in [0.717, 1.165) is 5.56 Å². The molecule has 0 spiro atoms. The monoisotopic (exact) mass is 430 g/mol. The molecule has 1 amide bonds. The van der Waals surface area contributed by atoms with Gasteiger partial charge in [0.15, 0.2) is 11.5 Å². The zero-order valence-corrected chi connectivity index (χ0v) is 17.4. The van der Waals surface area contributed by atoms with Gasteiger partial charge in [0.1, 0.15) is 17.5 Å². The van der Waals surface area contributed by atoms with Crippen LogP contribution in [0.2, 0.25) is 0 Å². The Morgan fingerprint density at radius 2 is 1.75 bits per heavy atom. The average Bonchev–Trinajstić information content (AvgIpc) is 2.80. The van der Waals surface area contributed by atoms with E-state index in [-0.39, 0.29) is 22.8 Å². The van der Waals surface area contributed by atoms with Crippen molar-refractivity contribution in [2.45, 2.75) is 6.92 Å². The van der Waals surface area contributed by atoms with Crippen molar-refractivity contribution in [1.82, 2.24) is 0 Å². The van der Waals surface area contributed by atoms with E-state index in [4.69, 9.17) is 9.47 Å². The highest BCUT2D eigenvalue weighted by Gasteiger charge is 2.15. The molecule has 3 aromatic rings. The molecule has 0 unspecified atom stereocenters. The third kappa shape index (κ3) is 5.37. The van der Waals surface area contributed by atoms with E-state index >= 15 is 0 Å². The van der Waals surface area contributed by atoms with E-state index in [1.165, 1.54) is 43.5 Å². The number of carbonyl (C=O) groups excluding carboxylic acids is 2. The van der Waals surface area contributed by atoms with Gasteiger partial charge in [0, 0.05) is 0 Å². The van der Waals surface area contributed by atoms with Gasteiger partial charge in [-0.15, -0.1) is 0 Å². The van der Waals surface area contributed by atoms with Crippen LogP contribution in [0.5, 0.6) is 11.5 Å². The summed E-state index contributed by atoms with van der Waals surface area (Å²) in [6.07, 6.45) is 1.32. The minimum atomic E-state index is -0.758. The largest absolute Gasteiger partial charge is 0.493 e. The van der Waals surface area contributed by atoms with Gasteiger partial charge in [0.25, 0.3) is 5.91 Å². The van der Waals surface area contributed by atoms with E-state index in [1.807, 2.05) is 6.92 Å². The zero-order chi connectivity index (χ0) is 23.1. The lowest BCUT2D eigenvalue weighted by atomic mass is 10.1.